The predicted molar refractivity (Wildman–Crippen MR) is 82.6 cm³/mol. The Morgan fingerprint density at radius 2 is 2.21 bits per heavy atom. The second-order valence-electron chi connectivity index (χ2n) is 4.83. The van der Waals surface area contributed by atoms with Crippen molar-refractivity contribution in [2.45, 2.75) is 37.6 Å². The minimum atomic E-state index is 0.340. The highest BCUT2D eigenvalue weighted by atomic mass is 32.2. The van der Waals surface area contributed by atoms with Crippen LogP contribution in [0.25, 0.3) is 0 Å². The monoisotopic (exact) mass is 277 g/mol. The van der Waals surface area contributed by atoms with Gasteiger partial charge >= 0.3 is 0 Å². The van der Waals surface area contributed by atoms with Crippen molar-refractivity contribution in [2.75, 3.05) is 18.9 Å². The molecular formula is C16H23NOS. The first kappa shape index (κ1) is 14.5. The number of hydrogen-bond acceptors (Lipinski definition) is 3. The molecule has 1 aliphatic rings. The molecule has 0 spiro atoms. The molecule has 0 radical (unpaired) electrons. The summed E-state index contributed by atoms with van der Waals surface area (Å²) < 4.78 is 5.72. The lowest BCUT2D eigenvalue weighted by Gasteiger charge is -2.19. The fourth-order valence-electron chi connectivity index (χ4n) is 2.13. The van der Waals surface area contributed by atoms with Gasteiger partial charge in [-0.3, -0.25) is 0 Å². The van der Waals surface area contributed by atoms with E-state index in [1.165, 1.54) is 10.5 Å². The molecule has 19 heavy (non-hydrogen) atoms. The first-order chi connectivity index (χ1) is 9.31. The Kier molecular flexibility index (Phi) is 5.80. The second-order valence-corrected chi connectivity index (χ2v) is 5.89. The Labute approximate surface area is 120 Å². The number of aryl methyl sites for hydroxylation is 1. The van der Waals surface area contributed by atoms with Crippen molar-refractivity contribution < 1.29 is 4.74 Å². The molecule has 0 saturated carbocycles. The summed E-state index contributed by atoms with van der Waals surface area (Å²) in [7, 11) is 0. The van der Waals surface area contributed by atoms with Crippen molar-refractivity contribution in [2.24, 2.45) is 0 Å². The third-order valence-electron chi connectivity index (χ3n) is 3.22. The fourth-order valence-corrected chi connectivity index (χ4v) is 3.23. The number of rotatable bonds is 7. The van der Waals surface area contributed by atoms with Gasteiger partial charge in [-0.2, -0.15) is 0 Å². The molecule has 1 aromatic rings. The molecule has 0 aliphatic carbocycles. The zero-order valence-corrected chi connectivity index (χ0v) is 12.6. The summed E-state index contributed by atoms with van der Waals surface area (Å²) in [6.45, 7) is 6.25. The van der Waals surface area contributed by atoms with Crippen LogP contribution < -0.4 is 5.32 Å². The minimum absolute atomic E-state index is 0.340. The molecule has 1 unspecified atom stereocenters. The van der Waals surface area contributed by atoms with Crippen LogP contribution in [0, 0.1) is 6.92 Å². The maximum Gasteiger partial charge on any atom is 0.110 e. The van der Waals surface area contributed by atoms with E-state index in [-0.39, 0.29) is 0 Å². The van der Waals surface area contributed by atoms with Gasteiger partial charge in [-0.25, -0.2) is 0 Å². The lowest BCUT2D eigenvalue weighted by atomic mass is 10.2. The van der Waals surface area contributed by atoms with Gasteiger partial charge in [0.05, 0.1) is 12.6 Å². The normalized spacial score (nSPS) is 16.0. The van der Waals surface area contributed by atoms with E-state index in [0.717, 1.165) is 37.5 Å². The molecule has 2 rings (SSSR count). The smallest absolute Gasteiger partial charge is 0.110 e. The van der Waals surface area contributed by atoms with E-state index in [1.54, 1.807) is 0 Å². The topological polar surface area (TPSA) is 21.3 Å². The summed E-state index contributed by atoms with van der Waals surface area (Å²) in [6.07, 6.45) is 4.43. The van der Waals surface area contributed by atoms with E-state index in [9.17, 15) is 0 Å². The third kappa shape index (κ3) is 4.29. The molecule has 0 saturated heterocycles. The summed E-state index contributed by atoms with van der Waals surface area (Å²) in [4.78, 5) is 1.37. The van der Waals surface area contributed by atoms with E-state index >= 15 is 0 Å². The number of benzene rings is 1. The quantitative estimate of drug-likeness (QED) is 0.767. The Morgan fingerprint density at radius 3 is 2.89 bits per heavy atom. The summed E-state index contributed by atoms with van der Waals surface area (Å²) in [5, 5.41) is 3.59. The van der Waals surface area contributed by atoms with Crippen LogP contribution in [0.4, 0.5) is 0 Å². The van der Waals surface area contributed by atoms with Crippen molar-refractivity contribution >= 4 is 11.8 Å². The predicted octanol–water partition coefficient (Wildman–Crippen LogP) is 3.76. The van der Waals surface area contributed by atoms with Crippen LogP contribution in [-0.2, 0) is 4.74 Å². The van der Waals surface area contributed by atoms with Gasteiger partial charge in [-0.05, 0) is 37.6 Å². The Balaban J connectivity index is 1.94. The molecule has 1 aromatic carbocycles. The van der Waals surface area contributed by atoms with E-state index < -0.39 is 0 Å². The van der Waals surface area contributed by atoms with Gasteiger partial charge in [-0.1, -0.05) is 25.1 Å². The molecule has 0 bridgehead atoms. The van der Waals surface area contributed by atoms with Crippen LogP contribution in [0.15, 0.2) is 41.0 Å². The first-order valence-electron chi connectivity index (χ1n) is 7.06. The van der Waals surface area contributed by atoms with E-state index in [0.29, 0.717) is 6.04 Å². The average Bonchev–Trinajstić information content (AvgIpc) is 2.94. The number of ether oxygens (including phenoxy) is 1. The van der Waals surface area contributed by atoms with Crippen LogP contribution in [0.1, 0.15) is 25.3 Å². The molecule has 0 aromatic heterocycles. The molecule has 0 amide bonds. The lowest BCUT2D eigenvalue weighted by Crippen LogP contribution is -2.34. The summed E-state index contributed by atoms with van der Waals surface area (Å²) in [6, 6.07) is 8.90. The van der Waals surface area contributed by atoms with Gasteiger partial charge < -0.3 is 10.1 Å². The van der Waals surface area contributed by atoms with Crippen LogP contribution in [0.3, 0.4) is 0 Å². The minimum Gasteiger partial charge on any atom is -0.496 e. The van der Waals surface area contributed by atoms with Crippen molar-refractivity contribution in [3.63, 3.8) is 0 Å². The molecule has 1 heterocycles. The molecule has 1 aliphatic heterocycles. The van der Waals surface area contributed by atoms with Crippen LogP contribution >= 0.6 is 11.8 Å². The van der Waals surface area contributed by atoms with Gasteiger partial charge in [0, 0.05) is 17.1 Å². The summed E-state index contributed by atoms with van der Waals surface area (Å²) in [5.41, 5.74) is 1.35. The molecular weight excluding hydrogens is 254 g/mol. The standard InChI is InChI=1S/C16H23NOS/c1-3-10-17-14(15-8-6-11-18-15)12-19-16-9-5-4-7-13(16)2/h4-5,7-9,14,17H,3,6,10-12H2,1-2H3. The SMILES string of the molecule is CCCNC(CSc1ccccc1C)C1=CCCO1. The number of nitrogens with one attached hydrogen (secondary N) is 1. The molecule has 0 fully saturated rings. The Hall–Kier alpha value is -0.930. The third-order valence-corrected chi connectivity index (χ3v) is 4.48. The highest BCUT2D eigenvalue weighted by Gasteiger charge is 2.18. The molecule has 104 valence electrons. The van der Waals surface area contributed by atoms with Gasteiger partial charge in [0.25, 0.3) is 0 Å². The van der Waals surface area contributed by atoms with Gasteiger partial charge in [0.2, 0.25) is 0 Å². The van der Waals surface area contributed by atoms with Crippen molar-refractivity contribution in [1.29, 1.82) is 0 Å². The number of hydrogen-bond donors (Lipinski definition) is 1. The maximum absolute atomic E-state index is 5.72. The zero-order chi connectivity index (χ0) is 13.5. The van der Waals surface area contributed by atoms with Crippen molar-refractivity contribution in [3.05, 3.63) is 41.7 Å². The molecule has 1 N–H and O–H groups in total. The largest absolute Gasteiger partial charge is 0.496 e. The highest BCUT2D eigenvalue weighted by molar-refractivity contribution is 7.99. The zero-order valence-electron chi connectivity index (χ0n) is 11.8. The van der Waals surface area contributed by atoms with Gasteiger partial charge in [-0.15, -0.1) is 11.8 Å². The van der Waals surface area contributed by atoms with Crippen LogP contribution in [0.5, 0.6) is 0 Å². The van der Waals surface area contributed by atoms with Crippen LogP contribution in [-0.4, -0.2) is 24.9 Å². The molecule has 3 heteroatoms. The Morgan fingerprint density at radius 1 is 1.37 bits per heavy atom. The summed E-state index contributed by atoms with van der Waals surface area (Å²) in [5.74, 6) is 2.16. The second kappa shape index (κ2) is 7.61. The lowest BCUT2D eigenvalue weighted by molar-refractivity contribution is 0.220. The van der Waals surface area contributed by atoms with Crippen molar-refractivity contribution in [1.82, 2.24) is 5.32 Å². The van der Waals surface area contributed by atoms with Crippen molar-refractivity contribution in [3.8, 4) is 0 Å². The molecule has 1 atom stereocenters. The van der Waals surface area contributed by atoms with Crippen LogP contribution in [0.2, 0.25) is 0 Å². The highest BCUT2D eigenvalue weighted by Crippen LogP contribution is 2.25. The van der Waals surface area contributed by atoms with Gasteiger partial charge in [0.15, 0.2) is 0 Å². The average molecular weight is 277 g/mol. The fraction of sp³-hybridized carbons (Fsp3) is 0.500. The van der Waals surface area contributed by atoms with E-state index in [2.05, 4.69) is 49.5 Å². The Bertz CT molecular complexity index is 431. The first-order valence-corrected chi connectivity index (χ1v) is 8.04. The number of thioether (sulfide) groups is 1. The van der Waals surface area contributed by atoms with E-state index in [1.807, 2.05) is 11.8 Å². The summed E-state index contributed by atoms with van der Waals surface area (Å²) >= 11 is 1.91. The van der Waals surface area contributed by atoms with E-state index in [4.69, 9.17) is 4.74 Å². The van der Waals surface area contributed by atoms with Gasteiger partial charge in [0.1, 0.15) is 5.76 Å². The maximum atomic E-state index is 5.72. The molecule has 2 nitrogen and oxygen atoms in total.